The zero-order valence-corrected chi connectivity index (χ0v) is 20.7. The van der Waals surface area contributed by atoms with Crippen molar-refractivity contribution in [1.82, 2.24) is 5.32 Å². The van der Waals surface area contributed by atoms with Crippen LogP contribution in [0.2, 0.25) is 0 Å². The summed E-state index contributed by atoms with van der Waals surface area (Å²) in [5.41, 5.74) is 0.261. The molecular formula is C27H37NO7. The molecule has 0 saturated heterocycles. The lowest BCUT2D eigenvalue weighted by molar-refractivity contribution is -0.121. The summed E-state index contributed by atoms with van der Waals surface area (Å²) in [6, 6.07) is 3.63. The number of aliphatic hydroxyl groups excluding tert-OH is 1. The van der Waals surface area contributed by atoms with Gasteiger partial charge in [0.05, 0.1) is 13.7 Å². The Morgan fingerprint density at radius 2 is 1.89 bits per heavy atom. The fourth-order valence-corrected chi connectivity index (χ4v) is 5.34. The van der Waals surface area contributed by atoms with Gasteiger partial charge in [-0.25, -0.2) is 4.79 Å². The molecule has 3 N–H and O–H groups in total. The van der Waals surface area contributed by atoms with Crippen LogP contribution in [-0.2, 0) is 21.6 Å². The molecule has 0 bridgehead atoms. The molecule has 1 aromatic carbocycles. The first-order valence-corrected chi connectivity index (χ1v) is 12.8. The molecule has 0 aliphatic heterocycles. The standard InChI is InChI=1S/C27H37NO7/c1-17-5-8-19(9-6-17)34-26(31)23-20-15-18(7-10-22(30)28-13-14-29)16-21(33-2)24(20)35-25(23)27(32)11-3-4-12-27/h15-17,19,29,32H,3-14H2,1-2H3,(H,28,30). The average molecular weight is 488 g/mol. The van der Waals surface area contributed by atoms with E-state index >= 15 is 0 Å². The normalized spacial score (nSPS) is 21.7. The summed E-state index contributed by atoms with van der Waals surface area (Å²) in [4.78, 5) is 25.6. The van der Waals surface area contributed by atoms with Crippen LogP contribution in [0.4, 0.5) is 0 Å². The van der Waals surface area contributed by atoms with E-state index in [1.54, 1.807) is 6.07 Å². The topological polar surface area (TPSA) is 118 Å². The quantitative estimate of drug-likeness (QED) is 0.458. The SMILES string of the molecule is COc1cc(CCC(=O)NCCO)cc2c(C(=O)OC3CCC(C)CC3)c(C3(O)CCCC3)oc12. The maximum Gasteiger partial charge on any atom is 0.342 e. The Bertz CT molecular complexity index is 1050. The Kier molecular flexibility index (Phi) is 8.02. The molecule has 0 spiro atoms. The lowest BCUT2D eigenvalue weighted by atomic mass is 9.89. The van der Waals surface area contributed by atoms with Crippen LogP contribution in [0.1, 0.15) is 86.4 Å². The van der Waals surface area contributed by atoms with Crippen LogP contribution in [0.15, 0.2) is 16.5 Å². The highest BCUT2D eigenvalue weighted by molar-refractivity contribution is 6.06. The summed E-state index contributed by atoms with van der Waals surface area (Å²) in [6.45, 7) is 2.31. The first-order valence-electron chi connectivity index (χ1n) is 12.8. The molecule has 1 aromatic heterocycles. The van der Waals surface area contributed by atoms with Crippen LogP contribution >= 0.6 is 0 Å². The largest absolute Gasteiger partial charge is 0.493 e. The minimum Gasteiger partial charge on any atom is -0.493 e. The van der Waals surface area contributed by atoms with Crippen molar-refractivity contribution in [3.05, 3.63) is 29.0 Å². The third-order valence-corrected chi connectivity index (χ3v) is 7.40. The number of amides is 1. The Hall–Kier alpha value is -2.58. The molecule has 2 saturated carbocycles. The van der Waals surface area contributed by atoms with Crippen LogP contribution in [0.25, 0.3) is 11.0 Å². The number of nitrogens with one attached hydrogen (secondary N) is 1. The Morgan fingerprint density at radius 3 is 2.54 bits per heavy atom. The van der Waals surface area contributed by atoms with Crippen molar-refractivity contribution in [3.63, 3.8) is 0 Å². The maximum absolute atomic E-state index is 13.6. The summed E-state index contributed by atoms with van der Waals surface area (Å²) in [6.07, 6.45) is 6.97. The molecular weight excluding hydrogens is 450 g/mol. The number of aliphatic hydroxyl groups is 2. The van der Waals surface area contributed by atoms with Gasteiger partial charge in [0, 0.05) is 18.4 Å². The number of hydrogen-bond acceptors (Lipinski definition) is 7. The Balaban J connectivity index is 1.70. The number of benzene rings is 1. The minimum atomic E-state index is -1.22. The van der Waals surface area contributed by atoms with E-state index in [4.69, 9.17) is 19.0 Å². The third-order valence-electron chi connectivity index (χ3n) is 7.40. The molecule has 2 aromatic rings. The van der Waals surface area contributed by atoms with Crippen molar-refractivity contribution in [2.75, 3.05) is 20.3 Å². The molecule has 0 radical (unpaired) electrons. The Labute approximate surface area is 206 Å². The van der Waals surface area contributed by atoms with Gasteiger partial charge in [-0.2, -0.15) is 0 Å². The van der Waals surface area contributed by atoms with Gasteiger partial charge >= 0.3 is 5.97 Å². The van der Waals surface area contributed by atoms with Crippen LogP contribution in [0.5, 0.6) is 5.75 Å². The number of fused-ring (bicyclic) bond motifs is 1. The molecule has 0 atom stereocenters. The summed E-state index contributed by atoms with van der Waals surface area (Å²) in [5.74, 6) is 0.698. The highest BCUT2D eigenvalue weighted by atomic mass is 16.5. The maximum atomic E-state index is 13.6. The van der Waals surface area contributed by atoms with Crippen molar-refractivity contribution < 1.29 is 33.7 Å². The Morgan fingerprint density at radius 1 is 1.17 bits per heavy atom. The van der Waals surface area contributed by atoms with E-state index in [-0.39, 0.29) is 42.9 Å². The number of carbonyl (C=O) groups excluding carboxylic acids is 2. The number of furan rings is 1. The van der Waals surface area contributed by atoms with Crippen molar-refractivity contribution in [3.8, 4) is 5.75 Å². The third kappa shape index (κ3) is 5.64. The summed E-state index contributed by atoms with van der Waals surface area (Å²) >= 11 is 0. The molecule has 0 unspecified atom stereocenters. The molecule has 2 fully saturated rings. The van der Waals surface area contributed by atoms with E-state index in [0.717, 1.165) is 44.1 Å². The second-order valence-electron chi connectivity index (χ2n) is 10.1. The van der Waals surface area contributed by atoms with E-state index in [0.29, 0.717) is 41.9 Å². The molecule has 2 aliphatic rings. The molecule has 192 valence electrons. The molecule has 1 heterocycles. The lowest BCUT2D eigenvalue weighted by Crippen LogP contribution is -2.27. The predicted molar refractivity (Wildman–Crippen MR) is 130 cm³/mol. The van der Waals surface area contributed by atoms with Crippen LogP contribution in [0.3, 0.4) is 0 Å². The number of methoxy groups -OCH3 is 1. The first-order chi connectivity index (χ1) is 16.8. The van der Waals surface area contributed by atoms with E-state index in [1.165, 1.54) is 7.11 Å². The highest BCUT2D eigenvalue weighted by Gasteiger charge is 2.42. The minimum absolute atomic E-state index is 0.113. The van der Waals surface area contributed by atoms with Gasteiger partial charge in [0.1, 0.15) is 17.3 Å². The van der Waals surface area contributed by atoms with E-state index in [9.17, 15) is 14.7 Å². The van der Waals surface area contributed by atoms with Crippen molar-refractivity contribution in [2.24, 2.45) is 5.92 Å². The number of rotatable bonds is 9. The van der Waals surface area contributed by atoms with Crippen LogP contribution in [-0.4, -0.2) is 48.5 Å². The number of carbonyl (C=O) groups is 2. The van der Waals surface area contributed by atoms with E-state index in [1.807, 2.05) is 6.07 Å². The van der Waals surface area contributed by atoms with Gasteiger partial charge in [0.25, 0.3) is 0 Å². The summed E-state index contributed by atoms with van der Waals surface area (Å²) < 4.78 is 17.7. The van der Waals surface area contributed by atoms with Gasteiger partial charge in [0.15, 0.2) is 17.1 Å². The van der Waals surface area contributed by atoms with Gasteiger partial charge in [-0.1, -0.05) is 6.92 Å². The predicted octanol–water partition coefficient (Wildman–Crippen LogP) is 3.98. The lowest BCUT2D eigenvalue weighted by Gasteiger charge is -2.26. The second kappa shape index (κ2) is 11.0. The molecule has 35 heavy (non-hydrogen) atoms. The monoisotopic (exact) mass is 487 g/mol. The van der Waals surface area contributed by atoms with Gasteiger partial charge in [-0.3, -0.25) is 4.79 Å². The van der Waals surface area contributed by atoms with Gasteiger partial charge < -0.3 is 29.4 Å². The molecule has 2 aliphatic carbocycles. The zero-order chi connectivity index (χ0) is 25.0. The fourth-order valence-electron chi connectivity index (χ4n) is 5.34. The summed E-state index contributed by atoms with van der Waals surface area (Å²) in [7, 11) is 1.53. The number of hydrogen-bond donors (Lipinski definition) is 3. The van der Waals surface area contributed by atoms with Gasteiger partial charge in [-0.15, -0.1) is 0 Å². The van der Waals surface area contributed by atoms with Gasteiger partial charge in [0.2, 0.25) is 5.91 Å². The zero-order valence-electron chi connectivity index (χ0n) is 20.7. The van der Waals surface area contributed by atoms with Gasteiger partial charge in [-0.05, 0) is 81.4 Å². The summed E-state index contributed by atoms with van der Waals surface area (Å²) in [5, 5.41) is 23.5. The molecule has 8 heteroatoms. The van der Waals surface area contributed by atoms with Crippen molar-refractivity contribution in [2.45, 2.75) is 82.8 Å². The van der Waals surface area contributed by atoms with E-state index in [2.05, 4.69) is 12.2 Å². The van der Waals surface area contributed by atoms with Crippen molar-refractivity contribution >= 4 is 22.8 Å². The molecule has 8 nitrogen and oxygen atoms in total. The first kappa shape index (κ1) is 25.5. The van der Waals surface area contributed by atoms with Crippen LogP contribution < -0.4 is 10.1 Å². The number of esters is 1. The smallest absolute Gasteiger partial charge is 0.342 e. The highest BCUT2D eigenvalue weighted by Crippen LogP contribution is 2.46. The second-order valence-corrected chi connectivity index (χ2v) is 10.1. The molecule has 1 amide bonds. The number of aryl methyl sites for hydroxylation is 1. The van der Waals surface area contributed by atoms with Crippen LogP contribution in [0, 0.1) is 5.92 Å². The fraction of sp³-hybridized carbons (Fsp3) is 0.630. The van der Waals surface area contributed by atoms with E-state index < -0.39 is 11.6 Å². The average Bonchev–Trinajstić information content (AvgIpc) is 3.47. The van der Waals surface area contributed by atoms with Crippen molar-refractivity contribution in [1.29, 1.82) is 0 Å². The number of ether oxygens (including phenoxy) is 2. The molecule has 4 rings (SSSR count).